The van der Waals surface area contributed by atoms with E-state index in [0.29, 0.717) is 6.04 Å². The van der Waals surface area contributed by atoms with Crippen molar-refractivity contribution in [3.05, 3.63) is 36.1 Å². The van der Waals surface area contributed by atoms with Crippen LogP contribution >= 0.6 is 0 Å². The van der Waals surface area contributed by atoms with Crippen molar-refractivity contribution in [1.29, 1.82) is 0 Å². The number of likely N-dealkylation sites (N-methyl/N-ethyl adjacent to an activating group) is 1. The predicted octanol–water partition coefficient (Wildman–Crippen LogP) is 2.42. The largest absolute Gasteiger partial charge is 0.464 e. The van der Waals surface area contributed by atoms with Crippen molar-refractivity contribution in [2.45, 2.75) is 6.04 Å². The molecule has 1 aliphatic heterocycles. The van der Waals surface area contributed by atoms with Gasteiger partial charge in [-0.1, -0.05) is 6.07 Å². The lowest BCUT2D eigenvalue weighted by molar-refractivity contribution is 0.614. The summed E-state index contributed by atoms with van der Waals surface area (Å²) >= 11 is 0. The molecule has 1 aliphatic rings. The van der Waals surface area contributed by atoms with Crippen LogP contribution in [0.2, 0.25) is 0 Å². The highest BCUT2D eigenvalue weighted by molar-refractivity contribution is 5.77. The minimum atomic E-state index is 0.638. The van der Waals surface area contributed by atoms with Crippen molar-refractivity contribution in [2.75, 3.05) is 13.6 Å². The van der Waals surface area contributed by atoms with E-state index in [1.807, 2.05) is 6.07 Å². The standard InChI is InChI=1S/C11H11NO/c1-12-7-10(12)8-2-3-11-9(6-8)4-5-13-11/h2-6,10H,7H2,1H3. The number of nitrogens with zero attached hydrogens (tertiary/aromatic N) is 1. The third kappa shape index (κ3) is 1.06. The molecule has 0 N–H and O–H groups in total. The normalized spacial score (nSPS) is 26.5. The van der Waals surface area contributed by atoms with Gasteiger partial charge < -0.3 is 4.42 Å². The maximum atomic E-state index is 5.29. The molecule has 2 heterocycles. The quantitative estimate of drug-likeness (QED) is 0.616. The van der Waals surface area contributed by atoms with Gasteiger partial charge >= 0.3 is 0 Å². The topological polar surface area (TPSA) is 16.1 Å². The number of furan rings is 1. The first-order valence-corrected chi connectivity index (χ1v) is 4.52. The first-order chi connectivity index (χ1) is 6.34. The molecule has 0 saturated carbocycles. The van der Waals surface area contributed by atoms with Crippen LogP contribution in [0.4, 0.5) is 0 Å². The van der Waals surface area contributed by atoms with Crippen LogP contribution in [0.3, 0.4) is 0 Å². The van der Waals surface area contributed by atoms with Gasteiger partial charge in [-0.2, -0.15) is 0 Å². The fraction of sp³-hybridized carbons (Fsp3) is 0.273. The summed E-state index contributed by atoms with van der Waals surface area (Å²) in [7, 11) is 2.14. The highest BCUT2D eigenvalue weighted by Gasteiger charge is 2.31. The number of fused-ring (bicyclic) bond motifs is 1. The second-order valence-corrected chi connectivity index (χ2v) is 3.67. The SMILES string of the molecule is CN1CC1c1ccc2occc2c1. The van der Waals surface area contributed by atoms with Crippen LogP contribution in [0, 0.1) is 0 Å². The van der Waals surface area contributed by atoms with Crippen molar-refractivity contribution in [3.8, 4) is 0 Å². The molecule has 2 atom stereocenters. The Bertz CT molecular complexity index is 446. The van der Waals surface area contributed by atoms with Gasteiger partial charge in [0.2, 0.25) is 0 Å². The minimum absolute atomic E-state index is 0.638. The van der Waals surface area contributed by atoms with Gasteiger partial charge in [-0.3, -0.25) is 4.90 Å². The molecule has 0 radical (unpaired) electrons. The maximum absolute atomic E-state index is 5.29. The minimum Gasteiger partial charge on any atom is -0.464 e. The average Bonchev–Trinajstić information content (AvgIpc) is 2.70. The smallest absolute Gasteiger partial charge is 0.133 e. The van der Waals surface area contributed by atoms with E-state index in [0.717, 1.165) is 5.58 Å². The summed E-state index contributed by atoms with van der Waals surface area (Å²) in [5, 5.41) is 1.21. The van der Waals surface area contributed by atoms with Crippen LogP contribution in [-0.4, -0.2) is 18.5 Å². The molecule has 0 spiro atoms. The summed E-state index contributed by atoms with van der Waals surface area (Å²) in [5.74, 6) is 0. The number of rotatable bonds is 1. The van der Waals surface area contributed by atoms with E-state index in [4.69, 9.17) is 4.42 Å². The summed E-state index contributed by atoms with van der Waals surface area (Å²) in [5.41, 5.74) is 2.38. The molecule has 13 heavy (non-hydrogen) atoms. The lowest BCUT2D eigenvalue weighted by atomic mass is 10.1. The first-order valence-electron chi connectivity index (χ1n) is 4.52. The van der Waals surface area contributed by atoms with Crippen molar-refractivity contribution in [1.82, 2.24) is 4.90 Å². The van der Waals surface area contributed by atoms with Gasteiger partial charge in [-0.05, 0) is 30.8 Å². The first kappa shape index (κ1) is 7.15. The molecule has 0 bridgehead atoms. The summed E-state index contributed by atoms with van der Waals surface area (Å²) in [4.78, 5) is 2.32. The van der Waals surface area contributed by atoms with Gasteiger partial charge in [0, 0.05) is 18.0 Å². The Balaban J connectivity index is 2.10. The number of hydrogen-bond acceptors (Lipinski definition) is 2. The third-order valence-corrected chi connectivity index (χ3v) is 2.72. The van der Waals surface area contributed by atoms with E-state index in [1.165, 1.54) is 17.5 Å². The zero-order chi connectivity index (χ0) is 8.84. The Hall–Kier alpha value is -1.28. The highest BCUT2D eigenvalue weighted by atomic mass is 16.3. The van der Waals surface area contributed by atoms with E-state index in [1.54, 1.807) is 6.26 Å². The molecule has 2 aromatic rings. The zero-order valence-corrected chi connectivity index (χ0v) is 7.53. The Kier molecular flexibility index (Phi) is 1.30. The Morgan fingerprint density at radius 1 is 1.38 bits per heavy atom. The highest BCUT2D eigenvalue weighted by Crippen LogP contribution is 2.33. The van der Waals surface area contributed by atoms with E-state index in [-0.39, 0.29) is 0 Å². The second kappa shape index (κ2) is 2.36. The summed E-state index contributed by atoms with van der Waals surface area (Å²) in [6, 6.07) is 9.07. The fourth-order valence-corrected chi connectivity index (χ4v) is 1.78. The van der Waals surface area contributed by atoms with Crippen molar-refractivity contribution < 1.29 is 4.42 Å². The summed E-state index contributed by atoms with van der Waals surface area (Å²) < 4.78 is 5.29. The Morgan fingerprint density at radius 3 is 3.00 bits per heavy atom. The van der Waals surface area contributed by atoms with Crippen LogP contribution in [0.5, 0.6) is 0 Å². The molecular formula is C11H11NO. The van der Waals surface area contributed by atoms with E-state index < -0.39 is 0 Å². The molecule has 0 amide bonds. The molecule has 3 rings (SSSR count). The molecule has 1 fully saturated rings. The third-order valence-electron chi connectivity index (χ3n) is 2.72. The zero-order valence-electron chi connectivity index (χ0n) is 7.53. The molecule has 66 valence electrons. The van der Waals surface area contributed by atoms with Gasteiger partial charge in [0.15, 0.2) is 0 Å². The molecule has 0 aliphatic carbocycles. The monoisotopic (exact) mass is 173 g/mol. The van der Waals surface area contributed by atoms with Gasteiger partial charge in [-0.25, -0.2) is 0 Å². The molecule has 2 unspecified atom stereocenters. The number of benzene rings is 1. The molecule has 1 aromatic heterocycles. The summed E-state index contributed by atoms with van der Waals surface area (Å²) in [6.45, 7) is 1.18. The van der Waals surface area contributed by atoms with Gasteiger partial charge in [0.05, 0.1) is 6.26 Å². The molecular weight excluding hydrogens is 162 g/mol. The van der Waals surface area contributed by atoms with Gasteiger partial charge in [-0.15, -0.1) is 0 Å². The van der Waals surface area contributed by atoms with Crippen molar-refractivity contribution in [2.24, 2.45) is 0 Å². The fourth-order valence-electron chi connectivity index (χ4n) is 1.78. The molecule has 1 saturated heterocycles. The molecule has 1 aromatic carbocycles. The van der Waals surface area contributed by atoms with Crippen LogP contribution in [-0.2, 0) is 0 Å². The van der Waals surface area contributed by atoms with Crippen LogP contribution in [0.25, 0.3) is 11.0 Å². The van der Waals surface area contributed by atoms with Crippen LogP contribution in [0.15, 0.2) is 34.9 Å². The van der Waals surface area contributed by atoms with Crippen LogP contribution in [0.1, 0.15) is 11.6 Å². The van der Waals surface area contributed by atoms with Gasteiger partial charge in [0.1, 0.15) is 5.58 Å². The Labute approximate surface area is 76.8 Å². The van der Waals surface area contributed by atoms with E-state index in [2.05, 4.69) is 30.1 Å². The van der Waals surface area contributed by atoms with Crippen LogP contribution < -0.4 is 0 Å². The van der Waals surface area contributed by atoms with E-state index in [9.17, 15) is 0 Å². The van der Waals surface area contributed by atoms with Crippen molar-refractivity contribution in [3.63, 3.8) is 0 Å². The lowest BCUT2D eigenvalue weighted by Gasteiger charge is -1.97. The Morgan fingerprint density at radius 2 is 2.23 bits per heavy atom. The average molecular weight is 173 g/mol. The second-order valence-electron chi connectivity index (χ2n) is 3.67. The molecule has 2 heteroatoms. The number of hydrogen-bond donors (Lipinski definition) is 0. The predicted molar refractivity (Wildman–Crippen MR) is 51.6 cm³/mol. The molecule has 2 nitrogen and oxygen atoms in total. The van der Waals surface area contributed by atoms with Gasteiger partial charge in [0.25, 0.3) is 0 Å². The lowest BCUT2D eigenvalue weighted by Crippen LogP contribution is -1.86. The maximum Gasteiger partial charge on any atom is 0.133 e. The van der Waals surface area contributed by atoms with Crippen molar-refractivity contribution >= 4 is 11.0 Å². The van der Waals surface area contributed by atoms with E-state index >= 15 is 0 Å². The summed E-state index contributed by atoms with van der Waals surface area (Å²) in [6.07, 6.45) is 1.74.